The van der Waals surface area contributed by atoms with Crippen LogP contribution in [0.1, 0.15) is 11.7 Å². The van der Waals surface area contributed by atoms with Gasteiger partial charge in [0.15, 0.2) is 0 Å². The number of alkyl halides is 1. The summed E-state index contributed by atoms with van der Waals surface area (Å²) in [5, 5.41) is 12.3. The summed E-state index contributed by atoms with van der Waals surface area (Å²) in [5.41, 5.74) is 6.87. The Morgan fingerprint density at radius 1 is 1.65 bits per heavy atom. The van der Waals surface area contributed by atoms with Gasteiger partial charge in [0.25, 0.3) is 5.56 Å². The van der Waals surface area contributed by atoms with E-state index in [1.54, 1.807) is 0 Å². The van der Waals surface area contributed by atoms with Crippen molar-refractivity contribution in [2.75, 3.05) is 6.61 Å². The molecule has 0 aromatic carbocycles. The number of aromatic amines is 1. The van der Waals surface area contributed by atoms with Gasteiger partial charge < -0.3 is 14.4 Å². The Bertz CT molecular complexity index is 664. The van der Waals surface area contributed by atoms with E-state index in [2.05, 4.69) is 10.0 Å². The van der Waals surface area contributed by atoms with E-state index < -0.39 is 42.3 Å². The lowest BCUT2D eigenvalue weighted by molar-refractivity contribution is -0.00208. The maximum absolute atomic E-state index is 14.2. The molecule has 2 N–H and O–H groups in total. The molecule has 0 radical (unpaired) electrons. The van der Waals surface area contributed by atoms with Gasteiger partial charge in [-0.3, -0.25) is 9.78 Å². The number of H-pyrrole nitrogens is 1. The van der Waals surface area contributed by atoms with Crippen molar-refractivity contribution in [2.24, 2.45) is 12.2 Å². The van der Waals surface area contributed by atoms with Gasteiger partial charge >= 0.3 is 5.69 Å². The average Bonchev–Trinajstić information content (AvgIpc) is 2.72. The number of halogens is 1. The van der Waals surface area contributed by atoms with Gasteiger partial charge in [0.05, 0.1) is 24.3 Å². The molecule has 1 aromatic rings. The second-order valence-corrected chi connectivity index (χ2v) is 4.37. The number of nitrogens with zero attached hydrogens (tertiary/aromatic N) is 4. The Labute approximate surface area is 111 Å². The van der Waals surface area contributed by atoms with Crippen LogP contribution in [0.4, 0.5) is 4.39 Å². The molecule has 1 aromatic heterocycles. The fraction of sp³-hybridized carbons (Fsp3) is 0.600. The van der Waals surface area contributed by atoms with E-state index in [4.69, 9.17) is 15.4 Å². The quantitative estimate of drug-likeness (QED) is 0.441. The van der Waals surface area contributed by atoms with E-state index in [-0.39, 0.29) is 5.56 Å². The molecule has 2 heterocycles. The zero-order valence-corrected chi connectivity index (χ0v) is 10.4. The van der Waals surface area contributed by atoms with E-state index in [1.165, 1.54) is 7.05 Å². The smallest absolute Gasteiger partial charge is 0.328 e. The predicted molar refractivity (Wildman–Crippen MR) is 64.8 cm³/mol. The number of aryl methyl sites for hydroxylation is 1. The molecule has 1 fully saturated rings. The van der Waals surface area contributed by atoms with Gasteiger partial charge in [0.1, 0.15) is 12.3 Å². The minimum absolute atomic E-state index is 0.103. The molecule has 20 heavy (non-hydrogen) atoms. The summed E-state index contributed by atoms with van der Waals surface area (Å²) >= 11 is 0. The molecule has 10 heteroatoms. The third-order valence-electron chi connectivity index (χ3n) is 3.12. The summed E-state index contributed by atoms with van der Waals surface area (Å²) in [7, 11) is 1.39. The van der Waals surface area contributed by atoms with Crippen LogP contribution in [-0.4, -0.2) is 39.6 Å². The molecule has 0 aliphatic carbocycles. The largest absolute Gasteiger partial charge is 0.394 e. The molecule has 0 unspecified atom stereocenters. The van der Waals surface area contributed by atoms with Crippen LogP contribution in [0.15, 0.2) is 20.9 Å². The molecule has 9 nitrogen and oxygen atoms in total. The van der Waals surface area contributed by atoms with Crippen LogP contribution >= 0.6 is 0 Å². The van der Waals surface area contributed by atoms with Crippen molar-refractivity contribution in [3.8, 4) is 0 Å². The molecule has 1 saturated heterocycles. The van der Waals surface area contributed by atoms with Crippen molar-refractivity contribution in [3.63, 3.8) is 0 Å². The molecule has 2 rings (SSSR count). The summed E-state index contributed by atoms with van der Waals surface area (Å²) in [6.45, 7) is -0.551. The van der Waals surface area contributed by atoms with Gasteiger partial charge in [-0.1, -0.05) is 5.11 Å². The minimum Gasteiger partial charge on any atom is -0.394 e. The Morgan fingerprint density at radius 3 is 2.95 bits per heavy atom. The standard InChI is InChI=1S/C10H12FN5O4/c1-16-2-4(9(18)13-10(16)19)8-6(11)7(14-15-12)5(3-17)20-8/h2,5-8,17H,3H2,1H3,(H,13,18,19)/t5-,6-,7-,8+/m1/s1. The number of rotatable bonds is 3. The summed E-state index contributed by atoms with van der Waals surface area (Å²) in [6.07, 6.45) is -2.98. The first kappa shape index (κ1) is 14.3. The van der Waals surface area contributed by atoms with Gasteiger partial charge in [-0.25, -0.2) is 9.18 Å². The fourth-order valence-corrected chi connectivity index (χ4v) is 2.11. The monoisotopic (exact) mass is 285 g/mol. The highest BCUT2D eigenvalue weighted by Gasteiger charge is 2.46. The molecule has 1 aliphatic heterocycles. The molecule has 0 saturated carbocycles. The second kappa shape index (κ2) is 5.45. The van der Waals surface area contributed by atoms with Crippen LogP contribution in [0.3, 0.4) is 0 Å². The Kier molecular flexibility index (Phi) is 3.89. The van der Waals surface area contributed by atoms with Crippen molar-refractivity contribution < 1.29 is 14.2 Å². The number of hydrogen-bond donors (Lipinski definition) is 2. The van der Waals surface area contributed by atoms with Crippen molar-refractivity contribution in [3.05, 3.63) is 43.0 Å². The summed E-state index contributed by atoms with van der Waals surface area (Å²) in [6, 6.07) is -1.23. The van der Waals surface area contributed by atoms with Gasteiger partial charge in [0.2, 0.25) is 0 Å². The van der Waals surface area contributed by atoms with Gasteiger partial charge in [0, 0.05) is 18.2 Å². The van der Waals surface area contributed by atoms with Crippen molar-refractivity contribution in [2.45, 2.75) is 24.4 Å². The molecule has 1 aliphatic rings. The van der Waals surface area contributed by atoms with Crippen LogP contribution in [-0.2, 0) is 11.8 Å². The SMILES string of the molecule is Cn1cc([C@@H]2O[C@H](CO)[C@@H](N=[N+]=[N-])[C@H]2F)c(=O)[nH]c1=O. The van der Waals surface area contributed by atoms with E-state index in [0.29, 0.717) is 0 Å². The Hall–Kier alpha value is -2.16. The molecular weight excluding hydrogens is 273 g/mol. The first-order valence-corrected chi connectivity index (χ1v) is 5.74. The number of ether oxygens (including phenoxy) is 1. The van der Waals surface area contributed by atoms with Gasteiger partial charge in [-0.15, -0.1) is 0 Å². The third kappa shape index (κ3) is 2.31. The van der Waals surface area contributed by atoms with Crippen molar-refractivity contribution >= 4 is 0 Å². The average molecular weight is 285 g/mol. The van der Waals surface area contributed by atoms with E-state index in [0.717, 1.165) is 10.8 Å². The van der Waals surface area contributed by atoms with Crippen molar-refractivity contribution in [1.82, 2.24) is 9.55 Å². The number of aliphatic hydroxyl groups is 1. The van der Waals surface area contributed by atoms with Crippen LogP contribution in [0.5, 0.6) is 0 Å². The lowest BCUT2D eigenvalue weighted by Crippen LogP contribution is -2.33. The third-order valence-corrected chi connectivity index (χ3v) is 3.12. The number of hydrogen-bond acceptors (Lipinski definition) is 5. The normalized spacial score (nSPS) is 29.1. The van der Waals surface area contributed by atoms with E-state index in [1.807, 2.05) is 4.98 Å². The molecule has 0 amide bonds. The van der Waals surface area contributed by atoms with Crippen LogP contribution in [0.2, 0.25) is 0 Å². The zero-order valence-electron chi connectivity index (χ0n) is 10.4. The summed E-state index contributed by atoms with van der Waals surface area (Å²) in [5.74, 6) is 0. The maximum Gasteiger partial charge on any atom is 0.328 e. The highest BCUT2D eigenvalue weighted by atomic mass is 19.1. The summed E-state index contributed by atoms with van der Waals surface area (Å²) in [4.78, 5) is 27.5. The lowest BCUT2D eigenvalue weighted by atomic mass is 10.0. The van der Waals surface area contributed by atoms with Crippen LogP contribution < -0.4 is 11.2 Å². The second-order valence-electron chi connectivity index (χ2n) is 4.37. The minimum atomic E-state index is -1.79. The lowest BCUT2D eigenvalue weighted by Gasteiger charge is -2.13. The molecular formula is C10H12FN5O4. The topological polar surface area (TPSA) is 133 Å². The van der Waals surface area contributed by atoms with Gasteiger partial charge in [-0.2, -0.15) is 0 Å². The molecule has 108 valence electrons. The van der Waals surface area contributed by atoms with E-state index in [9.17, 15) is 14.0 Å². The zero-order chi connectivity index (χ0) is 14.9. The highest BCUT2D eigenvalue weighted by Crippen LogP contribution is 2.35. The first-order chi connectivity index (χ1) is 9.49. The highest BCUT2D eigenvalue weighted by molar-refractivity contribution is 5.15. The number of aliphatic hydroxyl groups excluding tert-OH is 1. The molecule has 0 bridgehead atoms. The first-order valence-electron chi connectivity index (χ1n) is 5.74. The Morgan fingerprint density at radius 2 is 2.35 bits per heavy atom. The molecule has 4 atom stereocenters. The van der Waals surface area contributed by atoms with E-state index >= 15 is 0 Å². The number of azide groups is 1. The fourth-order valence-electron chi connectivity index (χ4n) is 2.11. The summed E-state index contributed by atoms with van der Waals surface area (Å²) < 4.78 is 20.5. The van der Waals surface area contributed by atoms with Crippen LogP contribution in [0, 0.1) is 0 Å². The number of nitrogens with one attached hydrogen (secondary N) is 1. The number of aromatic nitrogens is 2. The maximum atomic E-state index is 14.2. The van der Waals surface area contributed by atoms with Crippen LogP contribution in [0.25, 0.3) is 10.4 Å². The molecule has 0 spiro atoms. The van der Waals surface area contributed by atoms with Crippen molar-refractivity contribution in [1.29, 1.82) is 0 Å². The van der Waals surface area contributed by atoms with Gasteiger partial charge in [-0.05, 0) is 5.53 Å². The predicted octanol–water partition coefficient (Wildman–Crippen LogP) is -0.477. The Balaban J connectivity index is 2.44.